The number of rotatable bonds is 5. The summed E-state index contributed by atoms with van der Waals surface area (Å²) in [5, 5.41) is 12.4. The second kappa shape index (κ2) is 9.22. The number of nitrogens with zero attached hydrogens (tertiary/aromatic N) is 5. The van der Waals surface area contributed by atoms with E-state index >= 15 is 0 Å². The molecule has 1 aromatic carbocycles. The van der Waals surface area contributed by atoms with Gasteiger partial charge in [0, 0.05) is 52.0 Å². The van der Waals surface area contributed by atoms with Crippen molar-refractivity contribution in [2.45, 2.75) is 57.4 Å². The van der Waals surface area contributed by atoms with Crippen LogP contribution in [0.1, 0.15) is 55.2 Å². The topological polar surface area (TPSA) is 58.3 Å². The first-order chi connectivity index (χ1) is 13.8. The summed E-state index contributed by atoms with van der Waals surface area (Å²) in [6.45, 7) is 4.11. The van der Waals surface area contributed by atoms with E-state index in [2.05, 4.69) is 60.3 Å². The molecule has 3 heterocycles. The van der Waals surface area contributed by atoms with Gasteiger partial charge in [0.05, 0.1) is 0 Å². The molecule has 1 unspecified atom stereocenters. The molecule has 6 nitrogen and oxygen atoms in total. The molecule has 0 saturated carbocycles. The van der Waals surface area contributed by atoms with Crippen molar-refractivity contribution in [3.63, 3.8) is 0 Å². The minimum absolute atomic E-state index is 0.603. The van der Waals surface area contributed by atoms with Gasteiger partial charge in [0.1, 0.15) is 11.6 Å². The van der Waals surface area contributed by atoms with E-state index in [-0.39, 0.29) is 0 Å². The predicted octanol–water partition coefficient (Wildman–Crippen LogP) is 3.00. The third kappa shape index (κ3) is 4.37. The van der Waals surface area contributed by atoms with Crippen LogP contribution in [0, 0.1) is 0 Å². The van der Waals surface area contributed by atoms with E-state index in [4.69, 9.17) is 0 Å². The van der Waals surface area contributed by atoms with Crippen LogP contribution in [0.15, 0.2) is 35.3 Å². The molecule has 28 heavy (non-hydrogen) atoms. The number of hydrogen-bond acceptors (Lipinski definition) is 3. The molecule has 2 aliphatic rings. The summed E-state index contributed by atoms with van der Waals surface area (Å²) in [4.78, 5) is 6.90. The molecule has 0 aliphatic carbocycles. The van der Waals surface area contributed by atoms with Gasteiger partial charge in [-0.3, -0.25) is 4.99 Å². The summed E-state index contributed by atoms with van der Waals surface area (Å²) in [5.74, 6) is 3.96. The highest BCUT2D eigenvalue weighted by atomic mass is 15.3. The van der Waals surface area contributed by atoms with Crippen LogP contribution in [0.2, 0.25) is 0 Å². The average Bonchev–Trinajstić information content (AvgIpc) is 3.30. The quantitative estimate of drug-likeness (QED) is 0.492. The highest BCUT2D eigenvalue weighted by Gasteiger charge is 2.25. The summed E-state index contributed by atoms with van der Waals surface area (Å²) in [6.07, 6.45) is 8.10. The second-order valence-corrected chi connectivity index (χ2v) is 7.91. The highest BCUT2D eigenvalue weighted by molar-refractivity contribution is 5.80. The molecule has 0 amide bonds. The number of nitrogens with one attached hydrogen (secondary N) is 1. The zero-order valence-electron chi connectivity index (χ0n) is 17.0. The Hall–Kier alpha value is -2.37. The van der Waals surface area contributed by atoms with Gasteiger partial charge in [0.15, 0.2) is 5.96 Å². The molecule has 6 heteroatoms. The largest absolute Gasteiger partial charge is 0.356 e. The average molecular weight is 381 g/mol. The van der Waals surface area contributed by atoms with E-state index in [9.17, 15) is 0 Å². The van der Waals surface area contributed by atoms with Gasteiger partial charge in [-0.2, -0.15) is 0 Å². The van der Waals surface area contributed by atoms with E-state index in [1.165, 1.54) is 37.1 Å². The van der Waals surface area contributed by atoms with E-state index in [1.807, 2.05) is 7.05 Å². The van der Waals surface area contributed by atoms with Gasteiger partial charge in [-0.05, 0) is 31.2 Å². The van der Waals surface area contributed by atoms with Crippen molar-refractivity contribution in [3.8, 4) is 0 Å². The maximum atomic E-state index is 4.51. The van der Waals surface area contributed by atoms with Crippen molar-refractivity contribution < 1.29 is 0 Å². The van der Waals surface area contributed by atoms with Crippen molar-refractivity contribution in [1.29, 1.82) is 0 Å². The molecule has 150 valence electrons. The molecular weight excluding hydrogens is 348 g/mol. The van der Waals surface area contributed by atoms with Gasteiger partial charge >= 0.3 is 0 Å². The summed E-state index contributed by atoms with van der Waals surface area (Å²) in [7, 11) is 1.89. The number of aromatic nitrogens is 3. The molecule has 2 aliphatic heterocycles. The van der Waals surface area contributed by atoms with Crippen LogP contribution in [0.25, 0.3) is 0 Å². The summed E-state index contributed by atoms with van der Waals surface area (Å²) < 4.78 is 2.35. The van der Waals surface area contributed by atoms with Crippen LogP contribution >= 0.6 is 0 Å². The van der Waals surface area contributed by atoms with Crippen LogP contribution in [-0.2, 0) is 19.4 Å². The maximum absolute atomic E-state index is 4.51. The Kier molecular flexibility index (Phi) is 6.24. The normalized spacial score (nSPS) is 20.1. The first-order valence-electron chi connectivity index (χ1n) is 10.8. The van der Waals surface area contributed by atoms with E-state index in [1.54, 1.807) is 0 Å². The zero-order valence-corrected chi connectivity index (χ0v) is 17.0. The highest BCUT2D eigenvalue weighted by Crippen LogP contribution is 2.26. The van der Waals surface area contributed by atoms with Crippen LogP contribution in [0.4, 0.5) is 0 Å². The Labute approximate surface area is 168 Å². The molecule has 0 bridgehead atoms. The van der Waals surface area contributed by atoms with Gasteiger partial charge < -0.3 is 14.8 Å². The van der Waals surface area contributed by atoms with Crippen LogP contribution < -0.4 is 5.32 Å². The SMILES string of the molecule is CN=C(NCCCc1nnc2n1CCCCC2)N1CCC(c2ccccc2)C1. The van der Waals surface area contributed by atoms with Gasteiger partial charge in [-0.15, -0.1) is 10.2 Å². The number of fused-ring (bicyclic) bond motifs is 1. The Morgan fingerprint density at radius 2 is 2.04 bits per heavy atom. The van der Waals surface area contributed by atoms with E-state index in [0.717, 1.165) is 57.2 Å². The number of hydrogen-bond donors (Lipinski definition) is 1. The number of likely N-dealkylation sites (tertiary alicyclic amines) is 1. The molecule has 1 fully saturated rings. The van der Waals surface area contributed by atoms with Gasteiger partial charge in [-0.25, -0.2) is 0 Å². The maximum Gasteiger partial charge on any atom is 0.193 e. The minimum Gasteiger partial charge on any atom is -0.356 e. The fourth-order valence-corrected chi connectivity index (χ4v) is 4.46. The van der Waals surface area contributed by atoms with E-state index < -0.39 is 0 Å². The smallest absolute Gasteiger partial charge is 0.193 e. The molecule has 1 atom stereocenters. The van der Waals surface area contributed by atoms with Crippen molar-refractivity contribution in [2.75, 3.05) is 26.7 Å². The van der Waals surface area contributed by atoms with Crippen LogP contribution in [-0.4, -0.2) is 52.3 Å². The third-order valence-corrected chi connectivity index (χ3v) is 6.02. The van der Waals surface area contributed by atoms with Gasteiger partial charge in [0.25, 0.3) is 0 Å². The lowest BCUT2D eigenvalue weighted by molar-refractivity contribution is 0.484. The first kappa shape index (κ1) is 19.0. The fraction of sp³-hybridized carbons (Fsp3) is 0.591. The zero-order chi connectivity index (χ0) is 19.2. The summed E-state index contributed by atoms with van der Waals surface area (Å²) >= 11 is 0. The fourth-order valence-electron chi connectivity index (χ4n) is 4.46. The second-order valence-electron chi connectivity index (χ2n) is 7.91. The number of guanidine groups is 1. The number of aliphatic imine (C=N–C) groups is 1. The van der Waals surface area contributed by atoms with Crippen LogP contribution in [0.3, 0.4) is 0 Å². The lowest BCUT2D eigenvalue weighted by Gasteiger charge is -2.21. The molecule has 1 saturated heterocycles. The Balaban J connectivity index is 1.25. The molecular formula is C22H32N6. The summed E-state index contributed by atoms with van der Waals surface area (Å²) in [6, 6.07) is 10.8. The van der Waals surface area contributed by atoms with Crippen molar-refractivity contribution >= 4 is 5.96 Å². The van der Waals surface area contributed by atoms with Crippen molar-refractivity contribution in [2.24, 2.45) is 4.99 Å². The molecule has 1 aromatic heterocycles. The Bertz CT molecular complexity index is 782. The molecule has 4 rings (SSSR count). The van der Waals surface area contributed by atoms with Crippen molar-refractivity contribution in [1.82, 2.24) is 25.0 Å². The van der Waals surface area contributed by atoms with E-state index in [0.29, 0.717) is 5.92 Å². The summed E-state index contributed by atoms with van der Waals surface area (Å²) in [5.41, 5.74) is 1.44. The standard InChI is InChI=1S/C22H32N6/c1-23-22(27-16-13-19(17-27)18-9-4-2-5-10-18)24-14-8-12-21-26-25-20-11-6-3-7-15-28(20)21/h2,4-5,9-10,19H,3,6-8,11-17H2,1H3,(H,23,24). The predicted molar refractivity (Wildman–Crippen MR) is 113 cm³/mol. The Morgan fingerprint density at radius 1 is 1.14 bits per heavy atom. The Morgan fingerprint density at radius 3 is 2.89 bits per heavy atom. The lowest BCUT2D eigenvalue weighted by atomic mass is 9.99. The molecule has 0 radical (unpaired) electrons. The van der Waals surface area contributed by atoms with Crippen LogP contribution in [0.5, 0.6) is 0 Å². The molecule has 0 spiro atoms. The molecule has 1 N–H and O–H groups in total. The molecule has 2 aromatic rings. The number of aryl methyl sites for hydroxylation is 2. The minimum atomic E-state index is 0.603. The van der Waals surface area contributed by atoms with Gasteiger partial charge in [0.2, 0.25) is 0 Å². The lowest BCUT2D eigenvalue weighted by Crippen LogP contribution is -2.40. The number of benzene rings is 1. The monoisotopic (exact) mass is 380 g/mol. The van der Waals surface area contributed by atoms with Gasteiger partial charge in [-0.1, -0.05) is 36.8 Å². The van der Waals surface area contributed by atoms with Crippen molar-refractivity contribution in [3.05, 3.63) is 47.5 Å². The first-order valence-corrected chi connectivity index (χ1v) is 10.8. The third-order valence-electron chi connectivity index (χ3n) is 6.02.